The molecule has 4 nitrogen and oxygen atoms in total. The number of hydrogen-bond donors (Lipinski definition) is 2. The van der Waals surface area contributed by atoms with E-state index in [0.29, 0.717) is 0 Å². The topological polar surface area (TPSA) is 39.7 Å². The summed E-state index contributed by atoms with van der Waals surface area (Å²) in [5.41, 5.74) is 5.12. The Morgan fingerprint density at radius 3 is 1.96 bits per heavy atom. The zero-order chi connectivity index (χ0) is 18.2. The molecular weight excluding hydrogens is 467 g/mol. The number of aliphatic imine (C=N–C) groups is 1. The lowest BCUT2D eigenvalue weighted by molar-refractivity contribution is 0.808. The Morgan fingerprint density at radius 2 is 1.44 bits per heavy atom. The van der Waals surface area contributed by atoms with Gasteiger partial charge in [0.2, 0.25) is 0 Å². The molecule has 0 aliphatic carbocycles. The fraction of sp³-hybridized carbons (Fsp3) is 0.381. The molecule has 0 bridgehead atoms. The van der Waals surface area contributed by atoms with Crippen molar-refractivity contribution in [3.05, 3.63) is 65.2 Å². The molecule has 0 unspecified atom stereocenters. The van der Waals surface area contributed by atoms with Gasteiger partial charge in [0, 0.05) is 50.4 Å². The number of hydrogen-bond acceptors (Lipinski definition) is 3. The summed E-state index contributed by atoms with van der Waals surface area (Å²) >= 11 is 2.04. The summed E-state index contributed by atoms with van der Waals surface area (Å²) in [6, 6.07) is 17.4. The van der Waals surface area contributed by atoms with Gasteiger partial charge in [-0.1, -0.05) is 42.0 Å². The summed E-state index contributed by atoms with van der Waals surface area (Å²) in [6.45, 7) is 5.94. The van der Waals surface area contributed by atoms with Gasteiger partial charge in [0.1, 0.15) is 0 Å². The van der Waals surface area contributed by atoms with E-state index in [1.54, 1.807) is 0 Å². The Kier molecular flexibility index (Phi) is 9.27. The predicted octanol–water partition coefficient (Wildman–Crippen LogP) is 4.03. The molecule has 2 aromatic carbocycles. The van der Waals surface area contributed by atoms with E-state index in [1.807, 2.05) is 18.8 Å². The fourth-order valence-corrected chi connectivity index (χ4v) is 3.85. The van der Waals surface area contributed by atoms with Crippen LogP contribution < -0.4 is 15.5 Å². The Hall–Kier alpha value is -1.41. The molecule has 0 saturated carbocycles. The van der Waals surface area contributed by atoms with E-state index in [4.69, 9.17) is 0 Å². The Balaban J connectivity index is 0.00000261. The summed E-state index contributed by atoms with van der Waals surface area (Å²) in [5.74, 6) is 3.28. The van der Waals surface area contributed by atoms with Gasteiger partial charge >= 0.3 is 0 Å². The highest BCUT2D eigenvalue weighted by Gasteiger charge is 2.10. The molecule has 1 fully saturated rings. The summed E-state index contributed by atoms with van der Waals surface area (Å²) < 4.78 is 0. The first-order valence-electron chi connectivity index (χ1n) is 9.16. The van der Waals surface area contributed by atoms with Gasteiger partial charge in [-0.25, -0.2) is 0 Å². The van der Waals surface area contributed by atoms with E-state index in [9.17, 15) is 0 Å². The maximum atomic E-state index is 4.31. The zero-order valence-corrected chi connectivity index (χ0v) is 19.2. The minimum atomic E-state index is 0. The van der Waals surface area contributed by atoms with Crippen LogP contribution >= 0.6 is 35.7 Å². The van der Waals surface area contributed by atoms with Crippen molar-refractivity contribution in [3.8, 4) is 0 Å². The molecule has 1 aliphatic rings. The SMILES string of the molecule is CN=C(NCc1ccc(C)cc1)NCc1ccc(N2CCSCC2)cc1.I. The Labute approximate surface area is 184 Å². The van der Waals surface area contributed by atoms with Crippen LogP contribution in [0.25, 0.3) is 0 Å². The van der Waals surface area contributed by atoms with Crippen molar-refractivity contribution in [1.82, 2.24) is 10.6 Å². The molecule has 0 spiro atoms. The third-order valence-corrected chi connectivity index (χ3v) is 5.52. The van der Waals surface area contributed by atoms with Crippen molar-refractivity contribution in [2.75, 3.05) is 36.5 Å². The minimum Gasteiger partial charge on any atom is -0.370 e. The molecule has 0 atom stereocenters. The molecule has 1 saturated heterocycles. The number of nitrogens with one attached hydrogen (secondary N) is 2. The number of aryl methyl sites for hydroxylation is 1. The number of benzene rings is 2. The van der Waals surface area contributed by atoms with Crippen molar-refractivity contribution < 1.29 is 0 Å². The monoisotopic (exact) mass is 496 g/mol. The number of halogens is 1. The number of anilines is 1. The van der Waals surface area contributed by atoms with E-state index < -0.39 is 0 Å². The highest BCUT2D eigenvalue weighted by atomic mass is 127. The van der Waals surface area contributed by atoms with Crippen molar-refractivity contribution in [1.29, 1.82) is 0 Å². The zero-order valence-electron chi connectivity index (χ0n) is 16.1. The molecule has 2 N–H and O–H groups in total. The minimum absolute atomic E-state index is 0. The van der Waals surface area contributed by atoms with Crippen LogP contribution in [0, 0.1) is 6.92 Å². The van der Waals surface area contributed by atoms with Crippen LogP contribution in [0.3, 0.4) is 0 Å². The predicted molar refractivity (Wildman–Crippen MR) is 130 cm³/mol. The first kappa shape index (κ1) is 21.9. The van der Waals surface area contributed by atoms with Crippen LogP contribution in [-0.2, 0) is 13.1 Å². The van der Waals surface area contributed by atoms with Gasteiger partial charge in [0.05, 0.1) is 0 Å². The molecule has 3 rings (SSSR count). The van der Waals surface area contributed by atoms with E-state index in [2.05, 4.69) is 76.0 Å². The summed E-state index contributed by atoms with van der Waals surface area (Å²) in [6.07, 6.45) is 0. The van der Waals surface area contributed by atoms with Gasteiger partial charge in [0.25, 0.3) is 0 Å². The Bertz CT molecular complexity index is 710. The average molecular weight is 496 g/mol. The normalized spacial score (nSPS) is 14.4. The largest absolute Gasteiger partial charge is 0.370 e. The van der Waals surface area contributed by atoms with Crippen molar-refractivity contribution in [2.45, 2.75) is 20.0 Å². The number of rotatable bonds is 5. The second-order valence-electron chi connectivity index (χ2n) is 6.53. The van der Waals surface area contributed by atoms with E-state index in [-0.39, 0.29) is 24.0 Å². The maximum absolute atomic E-state index is 4.31. The molecule has 27 heavy (non-hydrogen) atoms. The highest BCUT2D eigenvalue weighted by molar-refractivity contribution is 14.0. The lowest BCUT2D eigenvalue weighted by Crippen LogP contribution is -2.36. The third-order valence-electron chi connectivity index (χ3n) is 4.58. The van der Waals surface area contributed by atoms with Crippen LogP contribution in [0.2, 0.25) is 0 Å². The van der Waals surface area contributed by atoms with Gasteiger partial charge < -0.3 is 15.5 Å². The standard InChI is InChI=1S/C21H28N4S.HI/c1-17-3-5-18(6-4-17)15-23-21(22-2)24-16-19-7-9-20(10-8-19)25-11-13-26-14-12-25;/h3-10H,11-16H2,1-2H3,(H2,22,23,24);1H. The van der Waals surface area contributed by atoms with Gasteiger partial charge in [-0.3, -0.25) is 4.99 Å². The molecule has 0 radical (unpaired) electrons. The lowest BCUT2D eigenvalue weighted by Gasteiger charge is -2.28. The number of thioether (sulfide) groups is 1. The van der Waals surface area contributed by atoms with Crippen LogP contribution in [0.5, 0.6) is 0 Å². The van der Waals surface area contributed by atoms with Crippen LogP contribution in [-0.4, -0.2) is 37.6 Å². The molecular formula is C21H29IN4S. The quantitative estimate of drug-likeness (QED) is 0.373. The van der Waals surface area contributed by atoms with E-state index >= 15 is 0 Å². The second kappa shape index (κ2) is 11.4. The number of nitrogens with zero attached hydrogens (tertiary/aromatic N) is 2. The first-order valence-corrected chi connectivity index (χ1v) is 10.3. The summed E-state index contributed by atoms with van der Waals surface area (Å²) in [7, 11) is 1.81. The molecule has 0 amide bonds. The Morgan fingerprint density at radius 1 is 0.926 bits per heavy atom. The molecule has 1 heterocycles. The molecule has 6 heteroatoms. The summed E-state index contributed by atoms with van der Waals surface area (Å²) in [4.78, 5) is 6.78. The summed E-state index contributed by atoms with van der Waals surface area (Å²) in [5, 5.41) is 6.76. The van der Waals surface area contributed by atoms with Gasteiger partial charge in [-0.05, 0) is 30.2 Å². The third kappa shape index (κ3) is 6.92. The van der Waals surface area contributed by atoms with Gasteiger partial charge in [-0.15, -0.1) is 24.0 Å². The van der Waals surface area contributed by atoms with Crippen molar-refractivity contribution in [3.63, 3.8) is 0 Å². The van der Waals surface area contributed by atoms with Crippen LogP contribution in [0.15, 0.2) is 53.5 Å². The van der Waals surface area contributed by atoms with Crippen LogP contribution in [0.1, 0.15) is 16.7 Å². The van der Waals surface area contributed by atoms with Crippen molar-refractivity contribution in [2.24, 2.45) is 4.99 Å². The molecule has 0 aromatic heterocycles. The lowest BCUT2D eigenvalue weighted by atomic mass is 10.1. The molecule has 2 aromatic rings. The van der Waals surface area contributed by atoms with E-state index in [0.717, 1.165) is 32.1 Å². The molecule has 146 valence electrons. The van der Waals surface area contributed by atoms with Gasteiger partial charge in [0.15, 0.2) is 5.96 Å². The highest BCUT2D eigenvalue weighted by Crippen LogP contribution is 2.19. The van der Waals surface area contributed by atoms with Gasteiger partial charge in [-0.2, -0.15) is 11.8 Å². The van der Waals surface area contributed by atoms with Crippen LogP contribution in [0.4, 0.5) is 5.69 Å². The fourth-order valence-electron chi connectivity index (χ4n) is 2.94. The number of guanidine groups is 1. The molecule has 1 aliphatic heterocycles. The smallest absolute Gasteiger partial charge is 0.191 e. The van der Waals surface area contributed by atoms with Crippen molar-refractivity contribution >= 4 is 47.4 Å². The first-order chi connectivity index (χ1) is 12.7. The second-order valence-corrected chi connectivity index (χ2v) is 7.76. The van der Waals surface area contributed by atoms with E-state index in [1.165, 1.54) is 33.9 Å². The maximum Gasteiger partial charge on any atom is 0.191 e. The average Bonchev–Trinajstić information content (AvgIpc) is 2.70.